The Morgan fingerprint density at radius 2 is 1.42 bits per heavy atom. The highest BCUT2D eigenvalue weighted by atomic mass is 16.6. The summed E-state index contributed by atoms with van der Waals surface area (Å²) in [6, 6.07) is 16.3. The second-order valence-corrected chi connectivity index (χ2v) is 5.17. The van der Waals surface area contributed by atoms with E-state index in [4.69, 9.17) is 14.2 Å². The smallest absolute Gasteiger partial charge is 0.347 e. The molecule has 3 aromatic rings. The number of ether oxygens (including phenoxy) is 3. The molecule has 0 N–H and O–H groups in total. The molecular formula is C20H15NO5. The number of benzene rings is 2. The summed E-state index contributed by atoms with van der Waals surface area (Å²) in [5, 5.41) is 0. The first-order valence-corrected chi connectivity index (χ1v) is 7.75. The second-order valence-electron chi connectivity index (χ2n) is 5.17. The molecule has 6 heteroatoms. The maximum atomic E-state index is 12.5. The molecule has 1 heterocycles. The van der Waals surface area contributed by atoms with Gasteiger partial charge in [0.15, 0.2) is 11.5 Å². The van der Waals surface area contributed by atoms with Gasteiger partial charge < -0.3 is 14.2 Å². The van der Waals surface area contributed by atoms with E-state index in [-0.39, 0.29) is 22.6 Å². The number of esters is 2. The lowest BCUT2D eigenvalue weighted by molar-refractivity contribution is 0.0704. The van der Waals surface area contributed by atoms with Crippen molar-refractivity contribution in [3.05, 3.63) is 84.2 Å². The van der Waals surface area contributed by atoms with Gasteiger partial charge in [-0.1, -0.05) is 24.3 Å². The highest BCUT2D eigenvalue weighted by Gasteiger charge is 2.19. The molecule has 3 rings (SSSR count). The van der Waals surface area contributed by atoms with Gasteiger partial charge in [0.1, 0.15) is 11.3 Å². The van der Waals surface area contributed by atoms with Gasteiger partial charge in [0, 0.05) is 12.4 Å². The van der Waals surface area contributed by atoms with E-state index >= 15 is 0 Å². The van der Waals surface area contributed by atoms with E-state index in [1.807, 2.05) is 0 Å². The van der Waals surface area contributed by atoms with Crippen LogP contribution in [0.2, 0.25) is 0 Å². The van der Waals surface area contributed by atoms with Gasteiger partial charge in [0.2, 0.25) is 0 Å². The number of methoxy groups -OCH3 is 1. The fraction of sp³-hybridized carbons (Fsp3) is 0.0500. The lowest BCUT2D eigenvalue weighted by atomic mass is 10.2. The number of aromatic nitrogens is 1. The van der Waals surface area contributed by atoms with Crippen LogP contribution in [-0.2, 0) is 0 Å². The number of rotatable bonds is 5. The molecule has 6 nitrogen and oxygen atoms in total. The monoisotopic (exact) mass is 349 g/mol. The number of nitrogens with zero attached hydrogens (tertiary/aromatic N) is 1. The summed E-state index contributed by atoms with van der Waals surface area (Å²) in [5.74, 6) is -0.486. The lowest BCUT2D eigenvalue weighted by Crippen LogP contribution is -2.14. The molecule has 0 unspecified atom stereocenters. The van der Waals surface area contributed by atoms with Gasteiger partial charge >= 0.3 is 11.9 Å². The summed E-state index contributed by atoms with van der Waals surface area (Å²) in [7, 11) is 1.48. The average Bonchev–Trinajstić information content (AvgIpc) is 2.69. The minimum Gasteiger partial charge on any atom is -0.493 e. The van der Waals surface area contributed by atoms with Gasteiger partial charge in [-0.05, 0) is 36.4 Å². The van der Waals surface area contributed by atoms with Crippen LogP contribution in [0.4, 0.5) is 0 Å². The largest absolute Gasteiger partial charge is 0.493 e. The number of carbonyl (C=O) groups is 2. The van der Waals surface area contributed by atoms with Gasteiger partial charge in [-0.2, -0.15) is 0 Å². The molecule has 26 heavy (non-hydrogen) atoms. The topological polar surface area (TPSA) is 74.7 Å². The maximum absolute atomic E-state index is 12.5. The van der Waals surface area contributed by atoms with Gasteiger partial charge in [-0.25, -0.2) is 9.59 Å². The summed E-state index contributed by atoms with van der Waals surface area (Å²) in [4.78, 5) is 28.6. The second kappa shape index (κ2) is 7.94. The third-order valence-electron chi connectivity index (χ3n) is 3.48. The van der Waals surface area contributed by atoms with Crippen LogP contribution in [0, 0.1) is 0 Å². The fourth-order valence-corrected chi connectivity index (χ4v) is 2.22. The predicted molar refractivity (Wildman–Crippen MR) is 93.6 cm³/mol. The summed E-state index contributed by atoms with van der Waals surface area (Å²) in [5.41, 5.74) is 0.399. The zero-order valence-electron chi connectivity index (χ0n) is 13.9. The van der Waals surface area contributed by atoms with Crippen LogP contribution >= 0.6 is 0 Å². The van der Waals surface area contributed by atoms with E-state index in [9.17, 15) is 9.59 Å². The molecule has 0 amide bonds. The Hall–Kier alpha value is -3.67. The minimum absolute atomic E-state index is 0.0984. The molecule has 0 aliphatic rings. The molecule has 130 valence electrons. The van der Waals surface area contributed by atoms with E-state index in [1.54, 1.807) is 54.7 Å². The number of para-hydroxylation sites is 3. The van der Waals surface area contributed by atoms with Crippen molar-refractivity contribution in [3.8, 4) is 17.2 Å². The Morgan fingerprint density at radius 3 is 2.12 bits per heavy atom. The third kappa shape index (κ3) is 3.87. The van der Waals surface area contributed by atoms with Crippen molar-refractivity contribution in [2.75, 3.05) is 7.11 Å². The summed E-state index contributed by atoms with van der Waals surface area (Å²) < 4.78 is 15.9. The SMILES string of the molecule is COc1ccccc1OC(=O)c1ccccc1OC(=O)c1cccnc1. The number of carbonyl (C=O) groups excluding carboxylic acids is 2. The summed E-state index contributed by atoms with van der Waals surface area (Å²) in [6.07, 6.45) is 2.94. The molecule has 0 radical (unpaired) electrons. The normalized spacial score (nSPS) is 10.0. The predicted octanol–water partition coefficient (Wildman–Crippen LogP) is 3.53. The van der Waals surface area contributed by atoms with Crippen molar-refractivity contribution in [3.63, 3.8) is 0 Å². The zero-order valence-corrected chi connectivity index (χ0v) is 13.9. The third-order valence-corrected chi connectivity index (χ3v) is 3.48. The van der Waals surface area contributed by atoms with Crippen molar-refractivity contribution >= 4 is 11.9 Å². The Morgan fingerprint density at radius 1 is 0.769 bits per heavy atom. The Labute approximate surface area is 150 Å². The molecule has 0 fully saturated rings. The van der Waals surface area contributed by atoms with Crippen LogP contribution in [0.25, 0.3) is 0 Å². The highest BCUT2D eigenvalue weighted by molar-refractivity contribution is 5.97. The molecule has 0 bridgehead atoms. The first-order chi connectivity index (χ1) is 12.7. The standard InChI is InChI=1S/C20H15NO5/c1-24-17-10-4-5-11-18(17)26-20(23)15-8-2-3-9-16(15)25-19(22)14-7-6-12-21-13-14/h2-13H,1H3. The summed E-state index contributed by atoms with van der Waals surface area (Å²) in [6.45, 7) is 0. The number of hydrogen-bond acceptors (Lipinski definition) is 6. The molecule has 0 atom stereocenters. The Kier molecular flexibility index (Phi) is 5.24. The van der Waals surface area contributed by atoms with Gasteiger partial charge in [0.25, 0.3) is 0 Å². The van der Waals surface area contributed by atoms with Gasteiger partial charge in [0.05, 0.1) is 12.7 Å². The van der Waals surface area contributed by atoms with Crippen LogP contribution < -0.4 is 14.2 Å². The fourth-order valence-electron chi connectivity index (χ4n) is 2.22. The average molecular weight is 349 g/mol. The quantitative estimate of drug-likeness (QED) is 0.518. The molecular weight excluding hydrogens is 334 g/mol. The van der Waals surface area contributed by atoms with E-state index in [1.165, 1.54) is 25.4 Å². The van der Waals surface area contributed by atoms with Crippen LogP contribution in [0.5, 0.6) is 17.2 Å². The molecule has 2 aromatic carbocycles. The Bertz CT molecular complexity index is 924. The van der Waals surface area contributed by atoms with Crippen LogP contribution in [0.15, 0.2) is 73.1 Å². The first-order valence-electron chi connectivity index (χ1n) is 7.75. The molecule has 0 saturated heterocycles. The summed E-state index contributed by atoms with van der Waals surface area (Å²) >= 11 is 0. The van der Waals surface area contributed by atoms with Crippen LogP contribution in [0.1, 0.15) is 20.7 Å². The first kappa shape index (κ1) is 17.2. The van der Waals surface area contributed by atoms with Crippen molar-refractivity contribution < 1.29 is 23.8 Å². The Balaban J connectivity index is 1.82. The van der Waals surface area contributed by atoms with E-state index < -0.39 is 11.9 Å². The van der Waals surface area contributed by atoms with E-state index in [0.717, 1.165) is 0 Å². The molecule has 0 saturated carbocycles. The van der Waals surface area contributed by atoms with Crippen LogP contribution in [-0.4, -0.2) is 24.0 Å². The van der Waals surface area contributed by atoms with Crippen molar-refractivity contribution in [1.82, 2.24) is 4.98 Å². The van der Waals surface area contributed by atoms with Gasteiger partial charge in [-0.3, -0.25) is 4.98 Å². The van der Waals surface area contributed by atoms with E-state index in [2.05, 4.69) is 4.98 Å². The minimum atomic E-state index is -0.663. The maximum Gasteiger partial charge on any atom is 0.347 e. The molecule has 1 aromatic heterocycles. The molecule has 0 aliphatic heterocycles. The molecule has 0 aliphatic carbocycles. The highest BCUT2D eigenvalue weighted by Crippen LogP contribution is 2.28. The zero-order chi connectivity index (χ0) is 18.4. The van der Waals surface area contributed by atoms with Crippen molar-refractivity contribution in [2.24, 2.45) is 0 Å². The van der Waals surface area contributed by atoms with Gasteiger partial charge in [-0.15, -0.1) is 0 Å². The number of pyridine rings is 1. The van der Waals surface area contributed by atoms with Crippen molar-refractivity contribution in [1.29, 1.82) is 0 Å². The van der Waals surface area contributed by atoms with E-state index in [0.29, 0.717) is 5.75 Å². The van der Waals surface area contributed by atoms with Crippen molar-refractivity contribution in [2.45, 2.75) is 0 Å². The van der Waals surface area contributed by atoms with Crippen LogP contribution in [0.3, 0.4) is 0 Å². The molecule has 0 spiro atoms. The lowest BCUT2D eigenvalue weighted by Gasteiger charge is -2.11. The number of hydrogen-bond donors (Lipinski definition) is 0.